The Bertz CT molecular complexity index is 1190. The molecule has 10 heteroatoms. The molecule has 2 N–H and O–H groups in total. The van der Waals surface area contributed by atoms with Gasteiger partial charge >= 0.3 is 5.92 Å². The molecule has 1 atom stereocenters. The lowest BCUT2D eigenvalue weighted by Gasteiger charge is -2.29. The summed E-state index contributed by atoms with van der Waals surface area (Å²) >= 11 is 0. The van der Waals surface area contributed by atoms with Crippen molar-refractivity contribution in [3.8, 4) is 0 Å². The van der Waals surface area contributed by atoms with E-state index >= 15 is 0 Å². The zero-order chi connectivity index (χ0) is 24.0. The Kier molecular flexibility index (Phi) is 5.38. The van der Waals surface area contributed by atoms with Crippen molar-refractivity contribution in [1.82, 2.24) is 20.5 Å². The van der Waals surface area contributed by atoms with E-state index in [-0.39, 0.29) is 37.7 Å². The lowest BCUT2D eigenvalue weighted by molar-refractivity contribution is -0.147. The van der Waals surface area contributed by atoms with Gasteiger partial charge in [-0.25, -0.2) is 0 Å². The van der Waals surface area contributed by atoms with Gasteiger partial charge in [0.05, 0.1) is 0 Å². The predicted molar refractivity (Wildman–Crippen MR) is 114 cm³/mol. The number of alkyl halides is 2. The fraction of sp³-hybridized carbons (Fsp3) is 0.375. The van der Waals surface area contributed by atoms with Crippen LogP contribution in [-0.4, -0.2) is 39.6 Å². The molecular weight excluding hydrogens is 446 g/mol. The van der Waals surface area contributed by atoms with E-state index in [0.717, 1.165) is 18.4 Å². The summed E-state index contributed by atoms with van der Waals surface area (Å²) in [4.78, 5) is 53.7. The van der Waals surface area contributed by atoms with Crippen LogP contribution >= 0.6 is 0 Å². The predicted octanol–water partition coefficient (Wildman–Crippen LogP) is 2.13. The standard InChI is InChI=1S/C24H22F2N4O4/c25-24(26,19-7-4-15(11-27-19)14-2-3-14)23(34)28-10-13-1-5-17-16(9-13)12-30(22(17)33)18-6-8-20(31)29-21(18)32/h1,4-5,7,9,11,14,18H,2-3,6,8,10,12H2,(H,28,34)(H,29,31,32). The topological polar surface area (TPSA) is 108 Å². The maximum absolute atomic E-state index is 14.6. The normalized spacial score (nSPS) is 20.2. The minimum Gasteiger partial charge on any atom is -0.346 e. The van der Waals surface area contributed by atoms with Gasteiger partial charge in [0.15, 0.2) is 0 Å². The third-order valence-corrected chi connectivity index (χ3v) is 6.48. The Hall–Kier alpha value is -3.69. The Labute approximate surface area is 193 Å². The highest BCUT2D eigenvalue weighted by molar-refractivity contribution is 6.05. The molecule has 34 heavy (non-hydrogen) atoms. The number of rotatable bonds is 6. The lowest BCUT2D eigenvalue weighted by atomic mass is 10.0. The summed E-state index contributed by atoms with van der Waals surface area (Å²) in [7, 11) is 0. The van der Waals surface area contributed by atoms with E-state index in [1.165, 1.54) is 17.2 Å². The van der Waals surface area contributed by atoms with Gasteiger partial charge in [-0.05, 0) is 54.0 Å². The zero-order valence-corrected chi connectivity index (χ0v) is 18.1. The van der Waals surface area contributed by atoms with Crippen LogP contribution in [-0.2, 0) is 33.4 Å². The number of carbonyl (C=O) groups excluding carboxylic acids is 4. The van der Waals surface area contributed by atoms with Crippen molar-refractivity contribution in [2.75, 3.05) is 0 Å². The fourth-order valence-electron chi connectivity index (χ4n) is 4.40. The first-order valence-electron chi connectivity index (χ1n) is 11.1. The van der Waals surface area contributed by atoms with E-state index in [1.54, 1.807) is 24.3 Å². The van der Waals surface area contributed by atoms with E-state index < -0.39 is 29.5 Å². The zero-order valence-electron chi connectivity index (χ0n) is 18.1. The maximum atomic E-state index is 14.6. The van der Waals surface area contributed by atoms with Crippen LogP contribution in [0.2, 0.25) is 0 Å². The lowest BCUT2D eigenvalue weighted by Crippen LogP contribution is -2.52. The van der Waals surface area contributed by atoms with Gasteiger partial charge in [0.1, 0.15) is 11.7 Å². The monoisotopic (exact) mass is 468 g/mol. The van der Waals surface area contributed by atoms with Crippen LogP contribution in [0.25, 0.3) is 0 Å². The van der Waals surface area contributed by atoms with E-state index in [2.05, 4.69) is 15.6 Å². The van der Waals surface area contributed by atoms with Crippen LogP contribution in [0.4, 0.5) is 8.78 Å². The van der Waals surface area contributed by atoms with Crippen LogP contribution in [0, 0.1) is 0 Å². The van der Waals surface area contributed by atoms with E-state index in [0.29, 0.717) is 22.6 Å². The second kappa shape index (κ2) is 8.27. The molecule has 0 bridgehead atoms. The molecule has 4 amide bonds. The molecule has 1 saturated carbocycles. The minimum atomic E-state index is -3.78. The molecule has 1 aromatic heterocycles. The molecule has 2 aromatic rings. The largest absolute Gasteiger partial charge is 0.366 e. The molecule has 1 saturated heterocycles. The highest BCUT2D eigenvalue weighted by Gasteiger charge is 2.43. The number of amides is 4. The maximum Gasteiger partial charge on any atom is 0.366 e. The van der Waals surface area contributed by atoms with Gasteiger partial charge < -0.3 is 10.2 Å². The number of hydrogen-bond acceptors (Lipinski definition) is 5. The van der Waals surface area contributed by atoms with Crippen molar-refractivity contribution in [3.63, 3.8) is 0 Å². The van der Waals surface area contributed by atoms with Crippen molar-refractivity contribution in [3.05, 3.63) is 64.5 Å². The first-order chi connectivity index (χ1) is 16.2. The molecule has 1 aromatic carbocycles. The van der Waals surface area contributed by atoms with Crippen molar-refractivity contribution >= 4 is 23.6 Å². The molecule has 8 nitrogen and oxygen atoms in total. The quantitative estimate of drug-likeness (QED) is 0.632. The van der Waals surface area contributed by atoms with Crippen LogP contribution in [0.15, 0.2) is 36.5 Å². The Morgan fingerprint density at radius 1 is 1.15 bits per heavy atom. The van der Waals surface area contributed by atoms with Gasteiger partial charge in [-0.3, -0.25) is 29.5 Å². The number of nitrogens with one attached hydrogen (secondary N) is 2. The Balaban J connectivity index is 1.23. The van der Waals surface area contributed by atoms with Crippen molar-refractivity contribution < 1.29 is 28.0 Å². The second-order valence-electron chi connectivity index (χ2n) is 8.90. The molecule has 5 rings (SSSR count). The molecule has 3 heterocycles. The molecular formula is C24H22F2N4O4. The number of halogens is 2. The molecule has 2 aliphatic heterocycles. The number of hydrogen-bond donors (Lipinski definition) is 2. The number of nitrogens with zero attached hydrogens (tertiary/aromatic N) is 2. The van der Waals surface area contributed by atoms with Gasteiger partial charge in [0.25, 0.3) is 11.8 Å². The number of piperidine rings is 1. The number of carbonyl (C=O) groups is 4. The number of benzene rings is 1. The summed E-state index contributed by atoms with van der Waals surface area (Å²) in [6, 6.07) is 6.83. The first-order valence-corrected chi connectivity index (χ1v) is 11.1. The highest BCUT2D eigenvalue weighted by Crippen LogP contribution is 2.40. The summed E-state index contributed by atoms with van der Waals surface area (Å²) in [5.41, 5.74) is 1.88. The van der Waals surface area contributed by atoms with Crippen LogP contribution in [0.3, 0.4) is 0 Å². The SMILES string of the molecule is O=C1CCC(N2Cc3cc(CNC(=O)C(F)(F)c4ccc(C5CC5)cn4)ccc3C2=O)C(=O)N1. The average Bonchev–Trinajstić information content (AvgIpc) is 3.62. The average molecular weight is 468 g/mol. The minimum absolute atomic E-state index is 0.153. The van der Waals surface area contributed by atoms with Gasteiger partial charge in [-0.15, -0.1) is 0 Å². The van der Waals surface area contributed by atoms with E-state index in [9.17, 15) is 28.0 Å². The highest BCUT2D eigenvalue weighted by atomic mass is 19.3. The summed E-state index contributed by atoms with van der Waals surface area (Å²) in [5, 5.41) is 4.49. The molecule has 1 unspecified atom stereocenters. The van der Waals surface area contributed by atoms with Crippen LogP contribution < -0.4 is 10.6 Å². The number of fused-ring (bicyclic) bond motifs is 1. The van der Waals surface area contributed by atoms with Crippen LogP contribution in [0.1, 0.15) is 64.3 Å². The summed E-state index contributed by atoms with van der Waals surface area (Å²) < 4.78 is 29.2. The van der Waals surface area contributed by atoms with Crippen molar-refractivity contribution in [1.29, 1.82) is 0 Å². The van der Waals surface area contributed by atoms with Crippen molar-refractivity contribution in [2.24, 2.45) is 0 Å². The molecule has 3 aliphatic rings. The molecule has 176 valence electrons. The second-order valence-corrected chi connectivity index (χ2v) is 8.90. The summed E-state index contributed by atoms with van der Waals surface area (Å²) in [6.45, 7) is 0.00409. The fourth-order valence-corrected chi connectivity index (χ4v) is 4.40. The number of aromatic nitrogens is 1. The molecule has 2 fully saturated rings. The summed E-state index contributed by atoms with van der Waals surface area (Å²) in [5.74, 6) is -6.06. The first kappa shape index (κ1) is 22.1. The van der Waals surface area contributed by atoms with Gasteiger partial charge in [0, 0.05) is 31.3 Å². The number of imide groups is 1. The van der Waals surface area contributed by atoms with Crippen molar-refractivity contribution in [2.45, 2.75) is 56.7 Å². The summed E-state index contributed by atoms with van der Waals surface area (Å²) in [6.07, 6.45) is 3.85. The third-order valence-electron chi connectivity index (χ3n) is 6.48. The van der Waals surface area contributed by atoms with E-state index in [1.807, 2.05) is 0 Å². The molecule has 1 aliphatic carbocycles. The van der Waals surface area contributed by atoms with Gasteiger partial charge in [-0.2, -0.15) is 8.78 Å². The van der Waals surface area contributed by atoms with Gasteiger partial charge in [-0.1, -0.05) is 18.2 Å². The smallest absolute Gasteiger partial charge is 0.346 e. The van der Waals surface area contributed by atoms with Gasteiger partial charge in [0.2, 0.25) is 11.8 Å². The molecule has 0 spiro atoms. The number of pyridine rings is 1. The van der Waals surface area contributed by atoms with E-state index in [4.69, 9.17) is 0 Å². The molecule has 0 radical (unpaired) electrons. The Morgan fingerprint density at radius 2 is 1.94 bits per heavy atom. The Morgan fingerprint density at radius 3 is 2.62 bits per heavy atom. The third kappa shape index (κ3) is 4.04. The van der Waals surface area contributed by atoms with Crippen LogP contribution in [0.5, 0.6) is 0 Å².